The van der Waals surface area contributed by atoms with E-state index >= 15 is 0 Å². The average Bonchev–Trinajstić information content (AvgIpc) is 2.98. The van der Waals surface area contributed by atoms with Crippen LogP contribution in [0.3, 0.4) is 0 Å². The molecule has 0 bridgehead atoms. The summed E-state index contributed by atoms with van der Waals surface area (Å²) in [5, 5.41) is 16.8. The van der Waals surface area contributed by atoms with E-state index in [0.717, 1.165) is 17.1 Å². The lowest BCUT2D eigenvalue weighted by atomic mass is 9.85. The summed E-state index contributed by atoms with van der Waals surface area (Å²) in [5.41, 5.74) is 2.05. The molecule has 1 saturated carbocycles. The summed E-state index contributed by atoms with van der Waals surface area (Å²) >= 11 is 1.71. The van der Waals surface area contributed by atoms with E-state index in [1.807, 2.05) is 6.20 Å². The molecule has 1 aliphatic carbocycles. The monoisotopic (exact) mass is 371 g/mol. The number of amides is 1. The lowest BCUT2D eigenvalue weighted by molar-refractivity contribution is -0.113. The van der Waals surface area contributed by atoms with Gasteiger partial charge in [0.05, 0.1) is 23.2 Å². The Hall–Kier alpha value is -2.28. The zero-order valence-corrected chi connectivity index (χ0v) is 15.2. The van der Waals surface area contributed by atoms with E-state index in [1.54, 1.807) is 40.7 Å². The van der Waals surface area contributed by atoms with Crippen molar-refractivity contribution in [3.63, 3.8) is 0 Å². The van der Waals surface area contributed by atoms with Crippen LogP contribution in [-0.2, 0) is 4.79 Å². The smallest absolute Gasteiger partial charge is 0.335 e. The van der Waals surface area contributed by atoms with Crippen LogP contribution in [0.5, 0.6) is 0 Å². The van der Waals surface area contributed by atoms with E-state index in [-0.39, 0.29) is 16.7 Å². The minimum absolute atomic E-state index is 0.0153. The molecule has 6 nitrogen and oxygen atoms in total. The van der Waals surface area contributed by atoms with Crippen LogP contribution in [0.25, 0.3) is 5.69 Å². The molecule has 1 aromatic carbocycles. The Morgan fingerprint density at radius 2 is 1.92 bits per heavy atom. The highest BCUT2D eigenvalue weighted by Crippen LogP contribution is 2.47. The Morgan fingerprint density at radius 3 is 2.62 bits per heavy atom. The molecule has 2 heterocycles. The molecule has 0 saturated heterocycles. The zero-order chi connectivity index (χ0) is 18.1. The maximum atomic E-state index is 12.2. The lowest BCUT2D eigenvalue weighted by Crippen LogP contribution is -2.15. The van der Waals surface area contributed by atoms with Gasteiger partial charge in [0.15, 0.2) is 0 Å². The molecule has 2 aromatic rings. The predicted octanol–water partition coefficient (Wildman–Crippen LogP) is 3.88. The lowest BCUT2D eigenvalue weighted by Gasteiger charge is -2.28. The summed E-state index contributed by atoms with van der Waals surface area (Å²) in [6, 6.07) is 6.54. The van der Waals surface area contributed by atoms with Gasteiger partial charge in [0.1, 0.15) is 5.82 Å². The Labute approximate surface area is 156 Å². The van der Waals surface area contributed by atoms with Crippen LogP contribution in [0.2, 0.25) is 0 Å². The SMILES string of the molecule is O=C1CSC(C2CCCCC2)c2cnn(-c3ccc(C(=O)O)cc3)c2N1. The number of carboxylic acid groups (broad SMARTS) is 1. The third kappa shape index (κ3) is 3.23. The molecule has 136 valence electrons. The quantitative estimate of drug-likeness (QED) is 0.855. The highest BCUT2D eigenvalue weighted by molar-refractivity contribution is 8.00. The molecule has 2 aliphatic rings. The van der Waals surface area contributed by atoms with E-state index < -0.39 is 5.97 Å². The van der Waals surface area contributed by atoms with Crippen molar-refractivity contribution in [1.82, 2.24) is 9.78 Å². The number of hydrogen-bond acceptors (Lipinski definition) is 4. The van der Waals surface area contributed by atoms with Gasteiger partial charge in [-0.05, 0) is 43.0 Å². The molecule has 4 rings (SSSR count). The molecule has 2 N–H and O–H groups in total. The first-order chi connectivity index (χ1) is 12.6. The largest absolute Gasteiger partial charge is 0.478 e. The van der Waals surface area contributed by atoms with E-state index in [0.29, 0.717) is 11.7 Å². The van der Waals surface area contributed by atoms with Crippen molar-refractivity contribution < 1.29 is 14.7 Å². The first-order valence-electron chi connectivity index (χ1n) is 8.96. The van der Waals surface area contributed by atoms with Crippen LogP contribution in [0, 0.1) is 5.92 Å². The second kappa shape index (κ2) is 7.15. The van der Waals surface area contributed by atoms with Gasteiger partial charge in [-0.15, -0.1) is 11.8 Å². The third-order valence-corrected chi connectivity index (χ3v) is 6.62. The molecule has 1 fully saturated rings. The number of nitrogens with one attached hydrogen (secondary N) is 1. The number of carbonyl (C=O) groups excluding carboxylic acids is 1. The van der Waals surface area contributed by atoms with Crippen molar-refractivity contribution in [1.29, 1.82) is 0 Å². The van der Waals surface area contributed by atoms with Crippen LogP contribution >= 0.6 is 11.8 Å². The minimum atomic E-state index is -0.960. The Kier molecular flexibility index (Phi) is 4.72. The number of fused-ring (bicyclic) bond motifs is 1. The number of anilines is 1. The highest BCUT2D eigenvalue weighted by Gasteiger charge is 2.33. The normalized spacial score (nSPS) is 20.9. The molecular weight excluding hydrogens is 350 g/mol. The van der Waals surface area contributed by atoms with Gasteiger partial charge < -0.3 is 10.4 Å². The number of nitrogens with zero attached hydrogens (tertiary/aromatic N) is 2. The Morgan fingerprint density at radius 1 is 1.19 bits per heavy atom. The van der Waals surface area contributed by atoms with Crippen molar-refractivity contribution in [3.05, 3.63) is 41.6 Å². The number of rotatable bonds is 3. The van der Waals surface area contributed by atoms with Crippen LogP contribution in [0.15, 0.2) is 30.5 Å². The van der Waals surface area contributed by atoms with Crippen molar-refractivity contribution in [2.24, 2.45) is 5.92 Å². The number of carbonyl (C=O) groups is 2. The fraction of sp³-hybridized carbons (Fsp3) is 0.421. The first-order valence-corrected chi connectivity index (χ1v) is 10.0. The van der Waals surface area contributed by atoms with Crippen molar-refractivity contribution in [2.75, 3.05) is 11.1 Å². The van der Waals surface area contributed by atoms with Gasteiger partial charge in [-0.2, -0.15) is 5.10 Å². The maximum absolute atomic E-state index is 12.2. The van der Waals surface area contributed by atoms with E-state index in [1.165, 1.54) is 32.1 Å². The maximum Gasteiger partial charge on any atom is 0.335 e. The van der Waals surface area contributed by atoms with Crippen molar-refractivity contribution in [3.8, 4) is 5.69 Å². The summed E-state index contributed by atoms with van der Waals surface area (Å²) in [6.45, 7) is 0. The number of carboxylic acids is 1. The van der Waals surface area contributed by atoms with Crippen LogP contribution in [-0.4, -0.2) is 32.5 Å². The summed E-state index contributed by atoms with van der Waals surface area (Å²) in [5.74, 6) is 0.774. The fourth-order valence-electron chi connectivity index (χ4n) is 3.89. The van der Waals surface area contributed by atoms with Gasteiger partial charge in [-0.25, -0.2) is 9.48 Å². The van der Waals surface area contributed by atoms with Crippen LogP contribution < -0.4 is 5.32 Å². The fourth-order valence-corrected chi connectivity index (χ4v) is 5.19. The standard InChI is InChI=1S/C19H21N3O3S/c23-16-11-26-17(12-4-2-1-3-5-12)15-10-20-22(18(15)21-16)14-8-6-13(7-9-14)19(24)25/h6-10,12,17H,1-5,11H2,(H,21,23)(H,24,25). The zero-order valence-electron chi connectivity index (χ0n) is 14.4. The van der Waals surface area contributed by atoms with Gasteiger partial charge in [0.2, 0.25) is 5.91 Å². The molecular formula is C19H21N3O3S. The molecule has 0 spiro atoms. The van der Waals surface area contributed by atoms with Crippen LogP contribution in [0.4, 0.5) is 5.82 Å². The molecule has 1 atom stereocenters. The third-order valence-electron chi connectivity index (χ3n) is 5.19. The molecule has 1 unspecified atom stereocenters. The van der Waals surface area contributed by atoms with Gasteiger partial charge >= 0.3 is 5.97 Å². The first kappa shape index (κ1) is 17.1. The minimum Gasteiger partial charge on any atom is -0.478 e. The summed E-state index contributed by atoms with van der Waals surface area (Å²) in [4.78, 5) is 23.3. The number of aromatic carboxylic acids is 1. The number of aromatic nitrogens is 2. The molecule has 0 radical (unpaired) electrons. The van der Waals surface area contributed by atoms with Crippen molar-refractivity contribution >= 4 is 29.5 Å². The number of hydrogen-bond donors (Lipinski definition) is 2. The van der Waals surface area contributed by atoms with Crippen molar-refractivity contribution in [2.45, 2.75) is 37.4 Å². The Bertz CT molecular complexity index is 825. The van der Waals surface area contributed by atoms with Crippen LogP contribution in [0.1, 0.15) is 53.3 Å². The second-order valence-corrected chi connectivity index (χ2v) is 8.02. The second-order valence-electron chi connectivity index (χ2n) is 6.89. The molecule has 1 aromatic heterocycles. The summed E-state index contributed by atoms with van der Waals surface area (Å²) < 4.78 is 1.71. The Balaban J connectivity index is 1.71. The molecule has 26 heavy (non-hydrogen) atoms. The molecule has 1 aliphatic heterocycles. The van der Waals surface area contributed by atoms with Gasteiger partial charge in [0, 0.05) is 10.8 Å². The summed E-state index contributed by atoms with van der Waals surface area (Å²) in [7, 11) is 0. The average molecular weight is 371 g/mol. The van der Waals surface area contributed by atoms with Gasteiger partial charge in [-0.3, -0.25) is 4.79 Å². The summed E-state index contributed by atoms with van der Waals surface area (Å²) in [6.07, 6.45) is 8.06. The molecule has 1 amide bonds. The number of thioether (sulfide) groups is 1. The molecule has 7 heteroatoms. The van der Waals surface area contributed by atoms with Gasteiger partial charge in [0.25, 0.3) is 0 Å². The topological polar surface area (TPSA) is 84.2 Å². The van der Waals surface area contributed by atoms with E-state index in [4.69, 9.17) is 5.11 Å². The predicted molar refractivity (Wildman–Crippen MR) is 101 cm³/mol. The van der Waals surface area contributed by atoms with E-state index in [2.05, 4.69) is 10.4 Å². The van der Waals surface area contributed by atoms with E-state index in [9.17, 15) is 9.59 Å². The number of benzene rings is 1. The van der Waals surface area contributed by atoms with Gasteiger partial charge in [-0.1, -0.05) is 19.3 Å². The highest BCUT2D eigenvalue weighted by atomic mass is 32.2.